The van der Waals surface area contributed by atoms with Gasteiger partial charge in [0.05, 0.1) is 17.7 Å². The topological polar surface area (TPSA) is 106 Å². The molecule has 1 fully saturated rings. The molecule has 2 heterocycles. The fourth-order valence-corrected chi connectivity index (χ4v) is 3.81. The molecule has 0 spiro atoms. The maximum atomic E-state index is 12.1. The number of carbonyl (C=O) groups is 2. The number of benzene rings is 2. The van der Waals surface area contributed by atoms with Crippen molar-refractivity contribution in [3.8, 4) is 5.75 Å². The largest absolute Gasteiger partial charge is 0.490 e. The molecule has 34 heavy (non-hydrogen) atoms. The number of ether oxygens (including phenoxy) is 2. The van der Waals surface area contributed by atoms with E-state index in [-0.39, 0.29) is 24.5 Å². The average Bonchev–Trinajstić information content (AvgIpc) is 2.79. The van der Waals surface area contributed by atoms with Gasteiger partial charge in [0.25, 0.3) is 0 Å². The second kappa shape index (κ2) is 10.3. The molecule has 4 rings (SSSR count). The average molecular weight is 462 g/mol. The molecule has 9 heteroatoms. The van der Waals surface area contributed by atoms with Gasteiger partial charge in [-0.1, -0.05) is 18.7 Å². The number of morpholine rings is 1. The molecule has 1 amide bonds. The highest BCUT2D eigenvalue weighted by molar-refractivity contribution is 6.03. The predicted molar refractivity (Wildman–Crippen MR) is 130 cm³/mol. The summed E-state index contributed by atoms with van der Waals surface area (Å²) in [5, 5.41) is 6.85. The van der Waals surface area contributed by atoms with Gasteiger partial charge < -0.3 is 20.1 Å². The molecule has 3 aromatic rings. The van der Waals surface area contributed by atoms with Crippen molar-refractivity contribution in [3.63, 3.8) is 0 Å². The van der Waals surface area contributed by atoms with Crippen LogP contribution in [0.3, 0.4) is 0 Å². The summed E-state index contributed by atoms with van der Waals surface area (Å²) in [4.78, 5) is 34.5. The van der Waals surface area contributed by atoms with Crippen LogP contribution in [0.5, 0.6) is 5.75 Å². The maximum absolute atomic E-state index is 12.1. The summed E-state index contributed by atoms with van der Waals surface area (Å²) in [5.41, 5.74) is 3.15. The number of cyclic esters (lactones) is 1. The minimum atomic E-state index is -0.359. The highest BCUT2D eigenvalue weighted by Gasteiger charge is 2.23. The smallest absolute Gasteiger partial charge is 0.320 e. The Morgan fingerprint density at radius 2 is 2.18 bits per heavy atom. The summed E-state index contributed by atoms with van der Waals surface area (Å²) in [5.74, 6) is 0.475. The summed E-state index contributed by atoms with van der Waals surface area (Å²) in [6.07, 6.45) is 2.52. The predicted octanol–water partition coefficient (Wildman–Crippen LogP) is 3.43. The SMILES string of the molecule is C=CC(=O)Nc1cc2c(Nc3cccc(C)c3)ncnc2cc1OCCN1CC(=O)O[C@@H](C)C1. The van der Waals surface area contributed by atoms with Crippen molar-refractivity contribution in [1.82, 2.24) is 14.9 Å². The van der Waals surface area contributed by atoms with E-state index < -0.39 is 0 Å². The standard InChI is InChI=1S/C25H27N5O4/c1-4-23(31)29-21-11-19-20(26-15-27-25(19)28-18-7-5-6-16(2)10-18)12-22(21)33-9-8-30-13-17(3)34-24(32)14-30/h4-7,10-12,15,17H,1,8-9,13-14H2,2-3H3,(H,29,31)(H,26,27,28)/t17-/m0/s1. The van der Waals surface area contributed by atoms with E-state index in [2.05, 4.69) is 27.2 Å². The Balaban J connectivity index is 1.59. The zero-order valence-corrected chi connectivity index (χ0v) is 19.2. The van der Waals surface area contributed by atoms with Gasteiger partial charge in [-0.3, -0.25) is 14.5 Å². The normalized spacial score (nSPS) is 16.1. The number of nitrogens with zero attached hydrogens (tertiary/aromatic N) is 3. The van der Waals surface area contributed by atoms with Crippen molar-refractivity contribution in [2.75, 3.05) is 36.9 Å². The van der Waals surface area contributed by atoms with Gasteiger partial charge in [-0.2, -0.15) is 0 Å². The van der Waals surface area contributed by atoms with Crippen LogP contribution in [0.25, 0.3) is 10.9 Å². The van der Waals surface area contributed by atoms with Crippen molar-refractivity contribution in [3.05, 3.63) is 60.9 Å². The summed E-state index contributed by atoms with van der Waals surface area (Å²) >= 11 is 0. The molecular weight excluding hydrogens is 434 g/mol. The van der Waals surface area contributed by atoms with Gasteiger partial charge in [-0.25, -0.2) is 9.97 Å². The molecule has 0 saturated carbocycles. The molecule has 1 saturated heterocycles. The van der Waals surface area contributed by atoms with Crippen LogP contribution < -0.4 is 15.4 Å². The Kier molecular flexibility index (Phi) is 7.03. The van der Waals surface area contributed by atoms with E-state index in [0.717, 1.165) is 16.6 Å². The minimum absolute atomic E-state index is 0.152. The van der Waals surface area contributed by atoms with E-state index in [9.17, 15) is 9.59 Å². The van der Waals surface area contributed by atoms with Gasteiger partial charge in [0.2, 0.25) is 5.91 Å². The molecule has 0 aliphatic carbocycles. The summed E-state index contributed by atoms with van der Waals surface area (Å²) in [6.45, 7) is 9.14. The monoisotopic (exact) mass is 461 g/mol. The molecule has 1 atom stereocenters. The second-order valence-corrected chi connectivity index (χ2v) is 8.16. The zero-order chi connectivity index (χ0) is 24.1. The van der Waals surface area contributed by atoms with E-state index >= 15 is 0 Å². The molecule has 2 N–H and O–H groups in total. The zero-order valence-electron chi connectivity index (χ0n) is 19.2. The highest BCUT2D eigenvalue weighted by Crippen LogP contribution is 2.33. The summed E-state index contributed by atoms with van der Waals surface area (Å²) < 4.78 is 11.2. The van der Waals surface area contributed by atoms with Crippen molar-refractivity contribution in [2.24, 2.45) is 0 Å². The van der Waals surface area contributed by atoms with Crippen LogP contribution in [0.1, 0.15) is 12.5 Å². The molecular formula is C25H27N5O4. The first-order chi connectivity index (χ1) is 16.4. The van der Waals surface area contributed by atoms with Crippen molar-refractivity contribution < 1.29 is 19.1 Å². The van der Waals surface area contributed by atoms with E-state index in [1.165, 1.54) is 12.4 Å². The third-order valence-electron chi connectivity index (χ3n) is 5.33. The molecule has 0 unspecified atom stereocenters. The van der Waals surface area contributed by atoms with Crippen LogP contribution in [0.2, 0.25) is 0 Å². The fourth-order valence-electron chi connectivity index (χ4n) is 3.81. The Morgan fingerprint density at radius 3 is 2.94 bits per heavy atom. The van der Waals surface area contributed by atoms with Crippen LogP contribution in [-0.2, 0) is 14.3 Å². The highest BCUT2D eigenvalue weighted by atomic mass is 16.5. The number of aryl methyl sites for hydroxylation is 1. The lowest BCUT2D eigenvalue weighted by atomic mass is 10.1. The molecule has 1 aliphatic heterocycles. The lowest BCUT2D eigenvalue weighted by Gasteiger charge is -2.30. The maximum Gasteiger partial charge on any atom is 0.320 e. The molecule has 176 valence electrons. The van der Waals surface area contributed by atoms with Gasteiger partial charge in [0, 0.05) is 30.2 Å². The molecule has 2 aromatic carbocycles. The molecule has 0 bridgehead atoms. The van der Waals surface area contributed by atoms with Gasteiger partial charge in [0.15, 0.2) is 0 Å². The van der Waals surface area contributed by atoms with Gasteiger partial charge in [-0.05, 0) is 43.7 Å². The van der Waals surface area contributed by atoms with Crippen molar-refractivity contribution >= 4 is 40.0 Å². The quantitative estimate of drug-likeness (QED) is 0.388. The number of anilines is 3. The van der Waals surface area contributed by atoms with Crippen LogP contribution >= 0.6 is 0 Å². The minimum Gasteiger partial charge on any atom is -0.490 e. The number of fused-ring (bicyclic) bond motifs is 1. The van der Waals surface area contributed by atoms with Gasteiger partial charge in [-0.15, -0.1) is 0 Å². The second-order valence-electron chi connectivity index (χ2n) is 8.16. The van der Waals surface area contributed by atoms with E-state index in [4.69, 9.17) is 9.47 Å². The Labute approximate surface area is 197 Å². The number of carbonyl (C=O) groups excluding carboxylic acids is 2. The Morgan fingerprint density at radius 1 is 1.32 bits per heavy atom. The summed E-state index contributed by atoms with van der Waals surface area (Å²) in [6, 6.07) is 11.5. The van der Waals surface area contributed by atoms with Crippen LogP contribution in [0.15, 0.2) is 55.4 Å². The lowest BCUT2D eigenvalue weighted by Crippen LogP contribution is -2.45. The molecule has 9 nitrogen and oxygen atoms in total. The first kappa shape index (κ1) is 23.2. The van der Waals surface area contributed by atoms with E-state index in [1.54, 1.807) is 12.1 Å². The fraction of sp³-hybridized carbons (Fsp3) is 0.280. The molecule has 1 aliphatic rings. The first-order valence-electron chi connectivity index (χ1n) is 11.0. The number of rotatable bonds is 8. The van der Waals surface area contributed by atoms with Crippen LogP contribution in [0.4, 0.5) is 17.2 Å². The number of nitrogens with one attached hydrogen (secondary N) is 2. The van der Waals surface area contributed by atoms with E-state index in [0.29, 0.717) is 42.5 Å². The van der Waals surface area contributed by atoms with Gasteiger partial charge >= 0.3 is 5.97 Å². The number of hydrogen-bond donors (Lipinski definition) is 2. The lowest BCUT2D eigenvalue weighted by molar-refractivity contribution is -0.157. The molecule has 0 radical (unpaired) electrons. The summed E-state index contributed by atoms with van der Waals surface area (Å²) in [7, 11) is 0. The van der Waals surface area contributed by atoms with Crippen molar-refractivity contribution in [1.29, 1.82) is 0 Å². The number of aromatic nitrogens is 2. The third kappa shape index (κ3) is 5.68. The Bertz CT molecular complexity index is 1230. The van der Waals surface area contributed by atoms with Gasteiger partial charge in [0.1, 0.15) is 30.6 Å². The van der Waals surface area contributed by atoms with Crippen LogP contribution in [-0.4, -0.2) is 59.1 Å². The van der Waals surface area contributed by atoms with Crippen molar-refractivity contribution in [2.45, 2.75) is 20.0 Å². The number of esters is 1. The van der Waals surface area contributed by atoms with E-state index in [1.807, 2.05) is 43.0 Å². The number of hydrogen-bond acceptors (Lipinski definition) is 8. The molecule has 1 aromatic heterocycles. The number of amides is 1. The Hall–Kier alpha value is -3.98. The van der Waals surface area contributed by atoms with Crippen LogP contribution in [0, 0.1) is 6.92 Å². The first-order valence-corrected chi connectivity index (χ1v) is 11.0. The third-order valence-corrected chi connectivity index (χ3v) is 5.33.